The van der Waals surface area contributed by atoms with Crippen molar-refractivity contribution in [2.24, 2.45) is 0 Å². The van der Waals surface area contributed by atoms with Gasteiger partial charge in [-0.15, -0.1) is 11.3 Å². The van der Waals surface area contributed by atoms with Crippen LogP contribution >= 0.6 is 11.3 Å². The molecule has 1 aromatic heterocycles. The number of anilines is 1. The van der Waals surface area contributed by atoms with Crippen LogP contribution in [0.5, 0.6) is 0 Å². The van der Waals surface area contributed by atoms with Crippen LogP contribution in [0.3, 0.4) is 0 Å². The first-order valence-electron chi connectivity index (χ1n) is 11.9. The van der Waals surface area contributed by atoms with Gasteiger partial charge in [0, 0.05) is 11.8 Å². The molecule has 2 aromatic carbocycles. The highest BCUT2D eigenvalue weighted by molar-refractivity contribution is 7.87. The van der Waals surface area contributed by atoms with Gasteiger partial charge in [0.15, 0.2) is 0 Å². The van der Waals surface area contributed by atoms with Gasteiger partial charge in [0.1, 0.15) is 16.8 Å². The van der Waals surface area contributed by atoms with Gasteiger partial charge in [0.05, 0.1) is 23.8 Å². The molecule has 0 spiro atoms. The number of hydrogen-bond acceptors (Lipinski definition) is 7. The van der Waals surface area contributed by atoms with Gasteiger partial charge >= 0.3 is 10.3 Å². The Morgan fingerprint density at radius 1 is 0.974 bits per heavy atom. The molecule has 0 unspecified atom stereocenters. The van der Waals surface area contributed by atoms with Crippen LogP contribution < -0.4 is 15.4 Å². The lowest BCUT2D eigenvalue weighted by atomic mass is 10.0. The number of nitrogens with zero attached hydrogens (tertiary/aromatic N) is 1. The summed E-state index contributed by atoms with van der Waals surface area (Å²) in [6.45, 7) is 3.29. The molecule has 0 aliphatic rings. The van der Waals surface area contributed by atoms with Crippen LogP contribution in [0.1, 0.15) is 48.1 Å². The lowest BCUT2D eigenvalue weighted by Gasteiger charge is -2.23. The van der Waals surface area contributed by atoms with E-state index in [0.717, 1.165) is 23.2 Å². The molecule has 202 valence electrons. The van der Waals surface area contributed by atoms with E-state index in [2.05, 4.69) is 15.6 Å². The molecule has 0 aliphatic carbocycles. The molecule has 0 radical (unpaired) electrons. The molecule has 0 bridgehead atoms. The van der Waals surface area contributed by atoms with Gasteiger partial charge in [0.2, 0.25) is 11.8 Å². The number of rotatable bonds is 13. The maximum Gasteiger partial charge on any atom is 0.357 e. The fraction of sp³-hybridized carbons (Fsp3) is 0.308. The third-order valence-electron chi connectivity index (χ3n) is 5.53. The lowest BCUT2D eigenvalue weighted by Crippen LogP contribution is -2.49. The lowest BCUT2D eigenvalue weighted by molar-refractivity contribution is -0.132. The molecule has 10 nitrogen and oxygen atoms in total. The average molecular weight is 559 g/mol. The van der Waals surface area contributed by atoms with Gasteiger partial charge in [-0.3, -0.25) is 23.7 Å². The maximum absolute atomic E-state index is 13.5. The van der Waals surface area contributed by atoms with E-state index in [-0.39, 0.29) is 24.3 Å². The van der Waals surface area contributed by atoms with E-state index in [1.54, 1.807) is 12.1 Å². The predicted octanol–water partition coefficient (Wildman–Crippen LogP) is 3.03. The molecule has 0 aliphatic heterocycles. The summed E-state index contributed by atoms with van der Waals surface area (Å²) in [6, 6.07) is 14.1. The van der Waals surface area contributed by atoms with E-state index in [1.165, 1.54) is 30.4 Å². The Bertz CT molecular complexity index is 1360. The number of ketones is 1. The van der Waals surface area contributed by atoms with E-state index in [1.807, 2.05) is 47.4 Å². The molecule has 0 saturated heterocycles. The van der Waals surface area contributed by atoms with Gasteiger partial charge in [-0.25, -0.2) is 4.98 Å². The Morgan fingerprint density at radius 3 is 2.21 bits per heavy atom. The molecule has 0 fully saturated rings. The topological polar surface area (TPSA) is 155 Å². The van der Waals surface area contributed by atoms with Crippen LogP contribution in [0.25, 0.3) is 0 Å². The normalized spacial score (nSPS) is 12.8. The molecule has 2 atom stereocenters. The molecule has 3 aromatic rings. The number of carbonyl (C=O) groups is 3. The minimum Gasteiger partial charge on any atom is -0.345 e. The van der Waals surface area contributed by atoms with Crippen LogP contribution in [0.4, 0.5) is 5.69 Å². The van der Waals surface area contributed by atoms with Crippen LogP contribution in [0.2, 0.25) is 0 Å². The fourth-order valence-corrected chi connectivity index (χ4v) is 5.13. The summed E-state index contributed by atoms with van der Waals surface area (Å²) >= 11 is 1.41. The van der Waals surface area contributed by atoms with Gasteiger partial charge in [-0.05, 0) is 43.0 Å². The highest BCUT2D eigenvalue weighted by atomic mass is 32.2. The van der Waals surface area contributed by atoms with Crippen molar-refractivity contribution in [2.45, 2.75) is 51.6 Å². The van der Waals surface area contributed by atoms with E-state index >= 15 is 0 Å². The first-order chi connectivity index (χ1) is 18.0. The van der Waals surface area contributed by atoms with Gasteiger partial charge in [-0.1, -0.05) is 49.4 Å². The zero-order chi connectivity index (χ0) is 27.7. The van der Waals surface area contributed by atoms with E-state index in [0.29, 0.717) is 11.4 Å². The SMILES string of the molecule is CCc1csc([C@H](Cc2ccc(NS(=O)(=O)O)cc2)NC(=O)[C@H](Cc2ccccc2)NC(=O)CC(C)=O)n1. The average Bonchev–Trinajstić information content (AvgIpc) is 3.33. The molecule has 12 heteroatoms. The van der Waals surface area contributed by atoms with Crippen LogP contribution in [0.15, 0.2) is 60.0 Å². The van der Waals surface area contributed by atoms with Crippen LogP contribution in [0, 0.1) is 0 Å². The van der Waals surface area contributed by atoms with Gasteiger partial charge in [-0.2, -0.15) is 8.42 Å². The number of carbonyl (C=O) groups excluding carboxylic acids is 3. The summed E-state index contributed by atoms with van der Waals surface area (Å²) in [5.74, 6) is -1.26. The van der Waals surface area contributed by atoms with Crippen molar-refractivity contribution in [1.82, 2.24) is 15.6 Å². The number of hydrogen-bond donors (Lipinski definition) is 4. The molecule has 0 saturated carbocycles. The van der Waals surface area contributed by atoms with Crippen molar-refractivity contribution in [3.05, 3.63) is 81.8 Å². The summed E-state index contributed by atoms with van der Waals surface area (Å²) in [5.41, 5.74) is 2.70. The summed E-state index contributed by atoms with van der Waals surface area (Å²) in [5, 5.41) is 8.30. The molecule has 38 heavy (non-hydrogen) atoms. The summed E-state index contributed by atoms with van der Waals surface area (Å²) in [7, 11) is -4.40. The van der Waals surface area contributed by atoms with Gasteiger partial charge < -0.3 is 10.6 Å². The molecule has 3 rings (SSSR count). The van der Waals surface area contributed by atoms with Crippen molar-refractivity contribution in [2.75, 3.05) is 4.72 Å². The number of benzene rings is 2. The molecular formula is C26H30N4O6S2. The zero-order valence-electron chi connectivity index (χ0n) is 21.0. The van der Waals surface area contributed by atoms with Crippen molar-refractivity contribution >= 4 is 44.9 Å². The first-order valence-corrected chi connectivity index (χ1v) is 14.3. The fourth-order valence-electron chi connectivity index (χ4n) is 3.74. The second-order valence-corrected chi connectivity index (χ2v) is 10.8. The summed E-state index contributed by atoms with van der Waals surface area (Å²) in [4.78, 5) is 42.0. The molecule has 2 amide bonds. The zero-order valence-corrected chi connectivity index (χ0v) is 22.6. The number of aryl methyl sites for hydroxylation is 1. The minimum atomic E-state index is -4.40. The molecule has 1 heterocycles. The Balaban J connectivity index is 1.83. The predicted molar refractivity (Wildman–Crippen MR) is 145 cm³/mol. The summed E-state index contributed by atoms with van der Waals surface area (Å²) in [6.07, 6.45) is 0.980. The Morgan fingerprint density at radius 2 is 1.63 bits per heavy atom. The van der Waals surface area contributed by atoms with Crippen LogP contribution in [-0.2, 0) is 44.0 Å². The monoisotopic (exact) mass is 558 g/mol. The number of thiazole rings is 1. The van der Waals surface area contributed by atoms with Crippen LogP contribution in [-0.4, -0.2) is 41.6 Å². The quantitative estimate of drug-likeness (QED) is 0.186. The first kappa shape index (κ1) is 29.0. The summed E-state index contributed by atoms with van der Waals surface area (Å²) < 4.78 is 33.1. The van der Waals surface area contributed by atoms with E-state index in [9.17, 15) is 22.8 Å². The Kier molecular flexibility index (Phi) is 10.1. The number of Topliss-reactive ketones (excluding diaryl/α,β-unsaturated/α-hetero) is 1. The highest BCUT2D eigenvalue weighted by Crippen LogP contribution is 2.24. The third-order valence-corrected chi connectivity index (χ3v) is 7.03. The largest absolute Gasteiger partial charge is 0.357 e. The Hall–Kier alpha value is -3.61. The van der Waals surface area contributed by atoms with Crippen molar-refractivity contribution in [1.29, 1.82) is 0 Å². The number of nitrogens with one attached hydrogen (secondary N) is 3. The number of aromatic nitrogens is 1. The van der Waals surface area contributed by atoms with Crippen molar-refractivity contribution in [3.8, 4) is 0 Å². The smallest absolute Gasteiger partial charge is 0.345 e. The van der Waals surface area contributed by atoms with E-state index in [4.69, 9.17) is 4.55 Å². The maximum atomic E-state index is 13.5. The Labute approximate surface area is 225 Å². The third kappa shape index (κ3) is 9.36. The minimum absolute atomic E-state index is 0.190. The van der Waals surface area contributed by atoms with E-state index < -0.39 is 34.2 Å². The standard InChI is InChI=1S/C26H30N4O6S2/c1-3-20-16-37-26(27-20)23(15-19-9-11-21(12-10-19)30-38(34,35)36)29-25(33)22(28-24(32)13-17(2)31)14-18-7-5-4-6-8-18/h4-12,16,22-23,30H,3,13-15H2,1-2H3,(H,28,32)(H,29,33)(H,34,35,36)/t22-,23-/m0/s1. The van der Waals surface area contributed by atoms with Crippen molar-refractivity contribution in [3.63, 3.8) is 0 Å². The van der Waals surface area contributed by atoms with Gasteiger partial charge in [0.25, 0.3) is 0 Å². The molecule has 4 N–H and O–H groups in total. The second kappa shape index (κ2) is 13.3. The highest BCUT2D eigenvalue weighted by Gasteiger charge is 2.26. The van der Waals surface area contributed by atoms with Crippen molar-refractivity contribution < 1.29 is 27.4 Å². The molecular weight excluding hydrogens is 528 g/mol. The second-order valence-electron chi connectivity index (χ2n) is 8.76. The number of amides is 2.